The van der Waals surface area contributed by atoms with E-state index in [4.69, 9.17) is 32.7 Å². The lowest BCUT2D eigenvalue weighted by Crippen LogP contribution is -2.52. The normalized spacial score (nSPS) is 12.0. The number of nitrogens with one attached hydrogen (secondary N) is 1. The van der Waals surface area contributed by atoms with E-state index in [1.54, 1.807) is 31.2 Å². The van der Waals surface area contributed by atoms with Gasteiger partial charge in [-0.05, 0) is 37.1 Å². The second kappa shape index (κ2) is 13.7. The van der Waals surface area contributed by atoms with E-state index in [-0.39, 0.29) is 18.1 Å². The van der Waals surface area contributed by atoms with Crippen molar-refractivity contribution in [3.05, 3.63) is 52.0 Å². The number of sulfonamides is 1. The monoisotopic (exact) mass is 573 g/mol. The minimum atomic E-state index is -3.91. The van der Waals surface area contributed by atoms with Crippen LogP contribution in [0.15, 0.2) is 36.4 Å². The Labute approximate surface area is 228 Å². The van der Waals surface area contributed by atoms with Crippen molar-refractivity contribution >= 4 is 50.7 Å². The summed E-state index contributed by atoms with van der Waals surface area (Å²) in [5.41, 5.74) is 0.658. The van der Waals surface area contributed by atoms with Crippen molar-refractivity contribution in [2.45, 2.75) is 39.3 Å². The fourth-order valence-electron chi connectivity index (χ4n) is 3.73. The maximum absolute atomic E-state index is 13.8. The van der Waals surface area contributed by atoms with Gasteiger partial charge in [0.25, 0.3) is 0 Å². The number of anilines is 1. The largest absolute Gasteiger partial charge is 0.493 e. The van der Waals surface area contributed by atoms with Gasteiger partial charge < -0.3 is 19.7 Å². The van der Waals surface area contributed by atoms with Crippen LogP contribution in [0.4, 0.5) is 5.69 Å². The van der Waals surface area contributed by atoms with Gasteiger partial charge in [-0.15, -0.1) is 0 Å². The molecule has 2 rings (SSSR count). The first kappa shape index (κ1) is 30.5. The molecule has 0 spiro atoms. The predicted octanol–water partition coefficient (Wildman–Crippen LogP) is 4.11. The summed E-state index contributed by atoms with van der Waals surface area (Å²) in [5, 5.41) is 3.47. The fraction of sp³-hybridized carbons (Fsp3) is 0.440. The molecule has 1 atom stereocenters. The molecule has 1 unspecified atom stereocenters. The summed E-state index contributed by atoms with van der Waals surface area (Å²) in [4.78, 5) is 28.1. The minimum absolute atomic E-state index is 0.0844. The first-order valence-electron chi connectivity index (χ1n) is 11.7. The lowest BCUT2D eigenvalue weighted by molar-refractivity contribution is -0.140. The van der Waals surface area contributed by atoms with Crippen LogP contribution in [-0.2, 0) is 26.2 Å². The van der Waals surface area contributed by atoms with Crippen molar-refractivity contribution in [3.63, 3.8) is 0 Å². The van der Waals surface area contributed by atoms with Gasteiger partial charge in [0.2, 0.25) is 21.8 Å². The molecule has 0 heterocycles. The van der Waals surface area contributed by atoms with E-state index in [9.17, 15) is 18.0 Å². The summed E-state index contributed by atoms with van der Waals surface area (Å²) in [5.74, 6) is -0.251. The third kappa shape index (κ3) is 7.90. The Bertz CT molecular complexity index is 1190. The number of hydrogen-bond acceptors (Lipinski definition) is 6. The lowest BCUT2D eigenvalue weighted by atomic mass is 10.1. The van der Waals surface area contributed by atoms with Crippen LogP contribution in [0.2, 0.25) is 10.0 Å². The third-order valence-electron chi connectivity index (χ3n) is 5.66. The van der Waals surface area contributed by atoms with Crippen LogP contribution in [-0.4, -0.2) is 64.7 Å². The van der Waals surface area contributed by atoms with Gasteiger partial charge >= 0.3 is 0 Å². The average molecular weight is 575 g/mol. The molecular weight excluding hydrogens is 541 g/mol. The summed E-state index contributed by atoms with van der Waals surface area (Å²) >= 11 is 12.7. The maximum atomic E-state index is 13.8. The second-order valence-electron chi connectivity index (χ2n) is 8.25. The van der Waals surface area contributed by atoms with Gasteiger partial charge in [-0.3, -0.25) is 13.9 Å². The molecule has 9 nitrogen and oxygen atoms in total. The number of hydrogen-bond donors (Lipinski definition) is 1. The number of rotatable bonds is 13. The van der Waals surface area contributed by atoms with Crippen LogP contribution in [0.5, 0.6) is 11.5 Å². The Balaban J connectivity index is 2.53. The Morgan fingerprint density at radius 2 is 1.65 bits per heavy atom. The number of amides is 2. The summed E-state index contributed by atoms with van der Waals surface area (Å²) in [7, 11) is -1.03. The van der Waals surface area contributed by atoms with Gasteiger partial charge in [0.05, 0.1) is 26.2 Å². The SMILES string of the molecule is CCCNC(=O)C(CC)N(Cc1c(Cl)cccc1Cl)C(=O)CN(c1ccc(OC)c(OC)c1)S(C)(=O)=O. The van der Waals surface area contributed by atoms with E-state index in [1.807, 2.05) is 6.92 Å². The van der Waals surface area contributed by atoms with Crippen LogP contribution >= 0.6 is 23.2 Å². The van der Waals surface area contributed by atoms with Gasteiger partial charge in [0.1, 0.15) is 12.6 Å². The number of carbonyl (C=O) groups excluding carboxylic acids is 2. The molecule has 0 aliphatic carbocycles. The van der Waals surface area contributed by atoms with Gasteiger partial charge in [-0.1, -0.05) is 43.1 Å². The highest BCUT2D eigenvalue weighted by atomic mass is 35.5. The molecule has 2 amide bonds. The highest BCUT2D eigenvalue weighted by molar-refractivity contribution is 7.92. The number of nitrogens with zero attached hydrogens (tertiary/aromatic N) is 2. The zero-order valence-electron chi connectivity index (χ0n) is 21.6. The molecule has 0 radical (unpaired) electrons. The molecule has 0 aliphatic rings. The minimum Gasteiger partial charge on any atom is -0.493 e. The van der Waals surface area contributed by atoms with Gasteiger partial charge in [0, 0.05) is 34.8 Å². The fourth-order valence-corrected chi connectivity index (χ4v) is 5.09. The van der Waals surface area contributed by atoms with Crippen LogP contribution in [0.1, 0.15) is 32.3 Å². The third-order valence-corrected chi connectivity index (χ3v) is 7.51. The summed E-state index contributed by atoms with van der Waals surface area (Å²) in [6.07, 6.45) is 2.00. The molecule has 2 aromatic rings. The standard InChI is InChI=1S/C25H33Cl2N3O6S/c1-6-13-28-25(32)21(7-2)29(15-18-19(26)9-8-10-20(18)27)24(31)16-30(37(5,33)34)17-11-12-22(35-3)23(14-17)36-4/h8-12,14,21H,6-7,13,15-16H2,1-5H3,(H,28,32). The van der Waals surface area contributed by atoms with Crippen molar-refractivity contribution in [3.8, 4) is 11.5 Å². The number of benzene rings is 2. The van der Waals surface area contributed by atoms with E-state index < -0.39 is 28.5 Å². The molecule has 0 saturated carbocycles. The number of ether oxygens (including phenoxy) is 2. The van der Waals surface area contributed by atoms with Crippen LogP contribution < -0.4 is 19.1 Å². The molecule has 0 aromatic heterocycles. The van der Waals surface area contributed by atoms with Crippen LogP contribution in [0.3, 0.4) is 0 Å². The molecule has 0 aliphatic heterocycles. The summed E-state index contributed by atoms with van der Waals surface area (Å²) in [6, 6.07) is 8.59. The van der Waals surface area contributed by atoms with E-state index in [0.29, 0.717) is 46.5 Å². The topological polar surface area (TPSA) is 105 Å². The molecule has 37 heavy (non-hydrogen) atoms. The average Bonchev–Trinajstić information content (AvgIpc) is 2.86. The molecular formula is C25H33Cl2N3O6S. The number of methoxy groups -OCH3 is 2. The van der Waals surface area contributed by atoms with E-state index in [2.05, 4.69) is 5.32 Å². The summed E-state index contributed by atoms with van der Waals surface area (Å²) in [6.45, 7) is 3.48. The van der Waals surface area contributed by atoms with Crippen molar-refractivity contribution in [1.29, 1.82) is 0 Å². The zero-order valence-corrected chi connectivity index (χ0v) is 23.9. The quantitative estimate of drug-likeness (QED) is 0.386. The molecule has 0 fully saturated rings. The van der Waals surface area contributed by atoms with E-state index >= 15 is 0 Å². The molecule has 1 N–H and O–H groups in total. The predicted molar refractivity (Wildman–Crippen MR) is 146 cm³/mol. The Kier molecular flexibility index (Phi) is 11.3. The Hall–Kier alpha value is -2.69. The van der Waals surface area contributed by atoms with Crippen molar-refractivity contribution in [1.82, 2.24) is 10.2 Å². The highest BCUT2D eigenvalue weighted by Gasteiger charge is 2.32. The molecule has 204 valence electrons. The molecule has 0 bridgehead atoms. The molecule has 2 aromatic carbocycles. The number of carbonyl (C=O) groups is 2. The van der Waals surface area contributed by atoms with Gasteiger partial charge in [0.15, 0.2) is 11.5 Å². The number of halogens is 2. The van der Waals surface area contributed by atoms with Crippen molar-refractivity contribution < 1.29 is 27.5 Å². The Morgan fingerprint density at radius 3 is 2.16 bits per heavy atom. The van der Waals surface area contributed by atoms with E-state index in [0.717, 1.165) is 10.6 Å². The lowest BCUT2D eigenvalue weighted by Gasteiger charge is -2.33. The molecule has 12 heteroatoms. The van der Waals surface area contributed by atoms with Crippen molar-refractivity contribution in [2.24, 2.45) is 0 Å². The maximum Gasteiger partial charge on any atom is 0.244 e. The van der Waals surface area contributed by atoms with Gasteiger partial charge in [-0.25, -0.2) is 8.42 Å². The molecule has 0 saturated heterocycles. The Morgan fingerprint density at radius 1 is 1.03 bits per heavy atom. The summed E-state index contributed by atoms with van der Waals surface area (Å²) < 4.78 is 37.1. The van der Waals surface area contributed by atoms with Crippen molar-refractivity contribution in [2.75, 3.05) is 37.9 Å². The first-order valence-corrected chi connectivity index (χ1v) is 14.3. The van der Waals surface area contributed by atoms with Gasteiger partial charge in [-0.2, -0.15) is 0 Å². The van der Waals surface area contributed by atoms with E-state index in [1.165, 1.54) is 31.3 Å². The first-order chi connectivity index (χ1) is 17.5. The van der Waals surface area contributed by atoms with Crippen LogP contribution in [0.25, 0.3) is 0 Å². The second-order valence-corrected chi connectivity index (χ2v) is 11.0. The smallest absolute Gasteiger partial charge is 0.244 e. The zero-order chi connectivity index (χ0) is 27.8. The van der Waals surface area contributed by atoms with Crippen LogP contribution in [0, 0.1) is 0 Å². The highest BCUT2D eigenvalue weighted by Crippen LogP contribution is 2.33.